The van der Waals surface area contributed by atoms with Crippen molar-refractivity contribution in [3.8, 4) is 11.5 Å². The predicted octanol–water partition coefficient (Wildman–Crippen LogP) is 2.61. The van der Waals surface area contributed by atoms with Crippen LogP contribution in [0.3, 0.4) is 0 Å². The summed E-state index contributed by atoms with van der Waals surface area (Å²) in [7, 11) is 3.24. The molecule has 5 nitrogen and oxygen atoms in total. The average molecular weight is 336 g/mol. The summed E-state index contributed by atoms with van der Waals surface area (Å²) < 4.78 is 16.2. The Kier molecular flexibility index (Phi) is 2.82. The molecule has 1 aliphatic heterocycles. The number of hydrogen-bond acceptors (Lipinski definition) is 5. The number of esters is 2. The minimum atomic E-state index is -0.523. The summed E-state index contributed by atoms with van der Waals surface area (Å²) in [5, 5.41) is 0. The zero-order valence-electron chi connectivity index (χ0n) is 13.8. The average Bonchev–Trinajstić information content (AvgIpc) is 2.95. The van der Waals surface area contributed by atoms with Crippen LogP contribution in [0.5, 0.6) is 11.5 Å². The summed E-state index contributed by atoms with van der Waals surface area (Å²) in [6.07, 6.45) is 0. The number of rotatable bonds is 2. The van der Waals surface area contributed by atoms with Crippen molar-refractivity contribution >= 4 is 11.9 Å². The summed E-state index contributed by atoms with van der Waals surface area (Å²) in [6.45, 7) is 0. The van der Waals surface area contributed by atoms with Crippen molar-refractivity contribution in [2.45, 2.75) is 11.8 Å². The van der Waals surface area contributed by atoms with Crippen LogP contribution >= 0.6 is 0 Å². The number of cyclic esters (lactones) is 2. The molecule has 1 fully saturated rings. The molecule has 126 valence electrons. The van der Waals surface area contributed by atoms with Gasteiger partial charge in [0.2, 0.25) is 0 Å². The Morgan fingerprint density at radius 1 is 0.760 bits per heavy atom. The molecule has 0 saturated carbocycles. The Morgan fingerprint density at radius 2 is 1.24 bits per heavy atom. The van der Waals surface area contributed by atoms with Gasteiger partial charge >= 0.3 is 11.9 Å². The molecule has 1 saturated heterocycles. The number of hydrogen-bond donors (Lipinski definition) is 0. The second-order valence-corrected chi connectivity index (χ2v) is 6.67. The highest BCUT2D eigenvalue weighted by Gasteiger charge is 2.62. The lowest BCUT2D eigenvalue weighted by atomic mass is 9.54. The van der Waals surface area contributed by atoms with E-state index in [2.05, 4.69) is 0 Å². The van der Waals surface area contributed by atoms with Gasteiger partial charge < -0.3 is 14.2 Å². The predicted molar refractivity (Wildman–Crippen MR) is 87.8 cm³/mol. The van der Waals surface area contributed by atoms with Gasteiger partial charge in [0.15, 0.2) is 0 Å². The third-order valence-electron chi connectivity index (χ3n) is 5.78. The van der Waals surface area contributed by atoms with E-state index in [0.29, 0.717) is 0 Å². The standard InChI is InChI=1S/C20H16O5/c1-23-11-7-3-5-9-13-10-6-4-8-12(24-2)15(10)16(14(9)11)18-17(13)19(21)25-20(18)22/h3-8,13,16-18H,1-2H3. The summed E-state index contributed by atoms with van der Waals surface area (Å²) in [4.78, 5) is 24.9. The lowest BCUT2D eigenvalue weighted by molar-refractivity contribution is -0.153. The smallest absolute Gasteiger partial charge is 0.318 e. The maximum atomic E-state index is 12.5. The van der Waals surface area contributed by atoms with E-state index in [-0.39, 0.29) is 11.8 Å². The Labute approximate surface area is 144 Å². The van der Waals surface area contributed by atoms with E-state index in [9.17, 15) is 9.59 Å². The summed E-state index contributed by atoms with van der Waals surface area (Å²) in [5.74, 6) is -0.924. The second-order valence-electron chi connectivity index (χ2n) is 6.67. The van der Waals surface area contributed by atoms with Crippen LogP contribution in [0.1, 0.15) is 34.1 Å². The molecule has 5 heteroatoms. The molecular formula is C20H16O5. The number of ether oxygens (including phenoxy) is 3. The largest absolute Gasteiger partial charge is 0.496 e. The quantitative estimate of drug-likeness (QED) is 0.623. The molecule has 1 heterocycles. The van der Waals surface area contributed by atoms with Gasteiger partial charge in [0, 0.05) is 23.0 Å². The van der Waals surface area contributed by atoms with Crippen molar-refractivity contribution in [3.05, 3.63) is 58.7 Å². The van der Waals surface area contributed by atoms with Crippen LogP contribution in [0.4, 0.5) is 0 Å². The number of methoxy groups -OCH3 is 2. The lowest BCUT2D eigenvalue weighted by Crippen LogP contribution is -2.41. The van der Waals surface area contributed by atoms with Crippen molar-refractivity contribution in [1.82, 2.24) is 0 Å². The zero-order chi connectivity index (χ0) is 17.3. The number of carbonyl (C=O) groups excluding carboxylic acids is 2. The SMILES string of the molecule is COc1cccc2c1C1c3c(OC)cccc3C2C2C(=O)OC(=O)C12. The first-order valence-corrected chi connectivity index (χ1v) is 8.26. The number of benzene rings is 2. The third kappa shape index (κ3) is 1.63. The minimum absolute atomic E-state index is 0.218. The molecule has 2 unspecified atom stereocenters. The zero-order valence-corrected chi connectivity index (χ0v) is 13.8. The van der Waals surface area contributed by atoms with Crippen molar-refractivity contribution in [3.63, 3.8) is 0 Å². The fourth-order valence-corrected chi connectivity index (χ4v) is 4.96. The van der Waals surface area contributed by atoms with E-state index in [0.717, 1.165) is 33.8 Å². The molecule has 3 aliphatic carbocycles. The molecule has 0 N–H and O–H groups in total. The topological polar surface area (TPSA) is 61.8 Å². The molecule has 6 rings (SSSR count). The molecule has 4 aliphatic rings. The molecule has 2 bridgehead atoms. The van der Waals surface area contributed by atoms with Gasteiger partial charge in [0.25, 0.3) is 0 Å². The first kappa shape index (κ1) is 14.5. The summed E-state index contributed by atoms with van der Waals surface area (Å²) in [5.41, 5.74) is 4.02. The van der Waals surface area contributed by atoms with Gasteiger partial charge in [-0.05, 0) is 23.3 Å². The molecule has 25 heavy (non-hydrogen) atoms. The van der Waals surface area contributed by atoms with Crippen LogP contribution in [0, 0.1) is 11.8 Å². The minimum Gasteiger partial charge on any atom is -0.496 e. The maximum absolute atomic E-state index is 12.5. The highest BCUT2D eigenvalue weighted by molar-refractivity contribution is 6.00. The van der Waals surface area contributed by atoms with Crippen LogP contribution in [0.15, 0.2) is 36.4 Å². The molecule has 2 aromatic rings. The Balaban J connectivity index is 1.89. The van der Waals surface area contributed by atoms with Gasteiger partial charge in [-0.25, -0.2) is 0 Å². The Hall–Kier alpha value is -2.82. The molecule has 0 radical (unpaired) electrons. The summed E-state index contributed by atoms with van der Waals surface area (Å²) in [6, 6.07) is 11.7. The van der Waals surface area contributed by atoms with Gasteiger partial charge in [-0.3, -0.25) is 9.59 Å². The molecule has 0 amide bonds. The highest BCUT2D eigenvalue weighted by Crippen LogP contribution is 2.63. The van der Waals surface area contributed by atoms with E-state index in [1.165, 1.54) is 0 Å². The third-order valence-corrected chi connectivity index (χ3v) is 5.78. The van der Waals surface area contributed by atoms with E-state index in [1.807, 2.05) is 36.4 Å². The molecule has 2 aromatic carbocycles. The number of carbonyl (C=O) groups is 2. The summed E-state index contributed by atoms with van der Waals surface area (Å²) >= 11 is 0. The highest BCUT2D eigenvalue weighted by atomic mass is 16.6. The van der Waals surface area contributed by atoms with Gasteiger partial charge in [-0.2, -0.15) is 0 Å². The van der Waals surface area contributed by atoms with Gasteiger partial charge in [-0.15, -0.1) is 0 Å². The first-order valence-electron chi connectivity index (χ1n) is 8.26. The van der Waals surface area contributed by atoms with Crippen molar-refractivity contribution < 1.29 is 23.8 Å². The van der Waals surface area contributed by atoms with Crippen LogP contribution in [0.25, 0.3) is 0 Å². The molecular weight excluding hydrogens is 320 g/mol. The normalized spacial score (nSPS) is 28.1. The Morgan fingerprint density at radius 3 is 1.72 bits per heavy atom. The van der Waals surface area contributed by atoms with Crippen LogP contribution < -0.4 is 9.47 Å². The van der Waals surface area contributed by atoms with Gasteiger partial charge in [-0.1, -0.05) is 24.3 Å². The van der Waals surface area contributed by atoms with Crippen LogP contribution in [-0.4, -0.2) is 26.2 Å². The molecule has 0 aromatic heterocycles. The van der Waals surface area contributed by atoms with E-state index >= 15 is 0 Å². The monoisotopic (exact) mass is 336 g/mol. The fraction of sp³-hybridized carbons (Fsp3) is 0.300. The van der Waals surface area contributed by atoms with E-state index in [1.54, 1.807) is 14.2 Å². The molecule has 2 atom stereocenters. The lowest BCUT2D eigenvalue weighted by Gasteiger charge is -2.45. The van der Waals surface area contributed by atoms with Crippen molar-refractivity contribution in [2.24, 2.45) is 11.8 Å². The first-order chi connectivity index (χ1) is 12.2. The maximum Gasteiger partial charge on any atom is 0.318 e. The Bertz CT molecular complexity index is 876. The van der Waals surface area contributed by atoms with E-state index in [4.69, 9.17) is 14.2 Å². The van der Waals surface area contributed by atoms with Crippen LogP contribution in [0.2, 0.25) is 0 Å². The van der Waals surface area contributed by atoms with Gasteiger partial charge in [0.05, 0.1) is 26.1 Å². The van der Waals surface area contributed by atoms with Crippen molar-refractivity contribution in [1.29, 1.82) is 0 Å². The molecule has 0 spiro atoms. The van der Waals surface area contributed by atoms with Gasteiger partial charge in [0.1, 0.15) is 11.5 Å². The van der Waals surface area contributed by atoms with Crippen LogP contribution in [-0.2, 0) is 14.3 Å². The fourth-order valence-electron chi connectivity index (χ4n) is 4.96. The van der Waals surface area contributed by atoms with E-state index < -0.39 is 23.8 Å². The second kappa shape index (κ2) is 4.85. The van der Waals surface area contributed by atoms with Crippen molar-refractivity contribution in [2.75, 3.05) is 14.2 Å².